The van der Waals surface area contributed by atoms with Crippen molar-refractivity contribution in [2.45, 2.75) is 0 Å². The first-order valence-electron chi connectivity index (χ1n) is 0.267. The van der Waals surface area contributed by atoms with Crippen LogP contribution >= 0.6 is 20.2 Å². The van der Waals surface area contributed by atoms with Crippen LogP contribution in [0.2, 0.25) is 0 Å². The molecule has 5 heavy (non-hydrogen) atoms. The van der Waals surface area contributed by atoms with E-state index in [1.807, 2.05) is 0 Å². The zero-order valence-corrected chi connectivity index (χ0v) is 4.73. The summed E-state index contributed by atoms with van der Waals surface area (Å²) in [6.07, 6.45) is 0. The molecule has 0 aliphatic rings. The molecule has 0 spiro atoms. The molecule has 0 amide bonds. The summed E-state index contributed by atoms with van der Waals surface area (Å²) in [4.78, 5) is 0. The van der Waals surface area contributed by atoms with Crippen LogP contribution in [0.4, 0.5) is 0 Å². The molecule has 0 rings (SSSR count). The molecule has 2 nitrogen and oxygen atoms in total. The van der Waals surface area contributed by atoms with Crippen molar-refractivity contribution >= 4 is 20.2 Å². The van der Waals surface area contributed by atoms with Crippen molar-refractivity contribution in [3.63, 3.8) is 0 Å². The topological polar surface area (TPSA) is 63.0 Å². The Labute approximate surface area is 44.7 Å². The van der Waals surface area contributed by atoms with E-state index < -0.39 is 0 Å². The van der Waals surface area contributed by atoms with Crippen LogP contribution in [0.25, 0.3) is 0 Å². The fourth-order valence-electron chi connectivity index (χ4n) is 0. The molecule has 0 aliphatic heterocycles. The fourth-order valence-corrected chi connectivity index (χ4v) is 0. The molecule has 0 saturated heterocycles. The van der Waals surface area contributed by atoms with Gasteiger partial charge in [-0.3, -0.25) is 0 Å². The van der Waals surface area contributed by atoms with Gasteiger partial charge in [-0.05, 0) is 0 Å². The Morgan fingerprint density at radius 1 is 1.00 bits per heavy atom. The average Bonchev–Trinajstić information content (AvgIpc) is 0.918. The molecule has 38 valence electrons. The summed E-state index contributed by atoms with van der Waals surface area (Å²) < 4.78 is 0. The Morgan fingerprint density at radius 2 is 1.00 bits per heavy atom. The van der Waals surface area contributed by atoms with E-state index in [0.29, 0.717) is 0 Å². The van der Waals surface area contributed by atoms with Crippen molar-refractivity contribution in [3.05, 3.63) is 0 Å². The van der Waals surface area contributed by atoms with Gasteiger partial charge in [0.2, 0.25) is 0 Å². The first-order chi connectivity index (χ1) is 1.41. The van der Waals surface area contributed by atoms with Gasteiger partial charge in [0.05, 0.1) is 0 Å². The molecule has 0 aromatic carbocycles. The van der Waals surface area contributed by atoms with Gasteiger partial charge in [0.15, 0.2) is 0 Å². The van der Waals surface area contributed by atoms with Crippen LogP contribution in [0.5, 0.6) is 0 Å². The van der Waals surface area contributed by atoms with E-state index >= 15 is 0 Å². The Balaban J connectivity index is -0.0000000200. The van der Waals surface area contributed by atoms with Crippen molar-refractivity contribution in [1.29, 1.82) is 0 Å². The van der Waals surface area contributed by atoms with Crippen LogP contribution in [-0.2, 0) is 13.1 Å². The van der Waals surface area contributed by atoms with Gasteiger partial charge < -0.3 is 11.0 Å². The van der Waals surface area contributed by atoms with Crippen LogP contribution in [0.15, 0.2) is 0 Å². The molecule has 0 bridgehead atoms. The van der Waals surface area contributed by atoms with E-state index in [2.05, 4.69) is 0 Å². The molecule has 0 saturated carbocycles. The first kappa shape index (κ1) is 16.6. The van der Waals surface area contributed by atoms with Crippen molar-refractivity contribution in [2.24, 2.45) is 0 Å². The number of hydrogen-bond acceptors (Lipinski definition) is 0. The van der Waals surface area contributed by atoms with Gasteiger partial charge in [-0.1, -0.05) is 0 Å². The summed E-state index contributed by atoms with van der Waals surface area (Å²) in [7, 11) is 9.53. The number of hydrogen-bond donors (Lipinski definition) is 0. The molecular formula is H4Cl2FeO2. The second kappa shape index (κ2) is 19.9. The Morgan fingerprint density at radius 3 is 1.00 bits per heavy atom. The zero-order valence-electron chi connectivity index (χ0n) is 2.11. The molecular weight excluding hydrogens is 159 g/mol. The van der Waals surface area contributed by atoms with Gasteiger partial charge in [0.1, 0.15) is 0 Å². The van der Waals surface area contributed by atoms with Crippen molar-refractivity contribution in [2.75, 3.05) is 0 Å². The average molecular weight is 163 g/mol. The quantitative estimate of drug-likeness (QED) is 0.441. The van der Waals surface area contributed by atoms with Crippen LogP contribution in [-0.4, -0.2) is 11.0 Å². The van der Waals surface area contributed by atoms with Crippen molar-refractivity contribution in [3.8, 4) is 0 Å². The summed E-state index contributed by atoms with van der Waals surface area (Å²) in [5, 5.41) is 0. The van der Waals surface area contributed by atoms with Crippen LogP contribution in [0.3, 0.4) is 0 Å². The molecule has 5 heteroatoms. The van der Waals surface area contributed by atoms with Gasteiger partial charge in [-0.15, -0.1) is 0 Å². The van der Waals surface area contributed by atoms with E-state index in [9.17, 15) is 0 Å². The third-order valence-corrected chi connectivity index (χ3v) is 0. The third-order valence-electron chi connectivity index (χ3n) is 0. The molecule has 0 unspecified atom stereocenters. The van der Waals surface area contributed by atoms with Gasteiger partial charge in [-0.2, -0.15) is 0 Å². The second-order valence-electron chi connectivity index (χ2n) is 0.0505. The molecule has 0 aromatic rings. The van der Waals surface area contributed by atoms with Gasteiger partial charge >= 0.3 is 33.3 Å². The normalized spacial score (nSPS) is 4.40. The summed E-state index contributed by atoms with van der Waals surface area (Å²) in [6, 6.07) is 0. The van der Waals surface area contributed by atoms with Crippen LogP contribution < -0.4 is 0 Å². The molecule has 0 heterocycles. The minimum absolute atomic E-state index is 0. The van der Waals surface area contributed by atoms with Gasteiger partial charge in [-0.25, -0.2) is 0 Å². The maximum atomic E-state index is 4.76. The standard InChI is InChI=1S/2ClH.Fe.2H2O/h2*1H;;2*1H2/q;;+2;;/p-2. The molecule has 0 radical (unpaired) electrons. The zero-order chi connectivity index (χ0) is 2.71. The Bertz CT molecular complexity index is 7.61. The third kappa shape index (κ3) is 44.0. The minimum atomic E-state index is 0. The number of halogens is 2. The molecule has 0 fully saturated rings. The summed E-state index contributed by atoms with van der Waals surface area (Å²) in [5.41, 5.74) is 0. The van der Waals surface area contributed by atoms with E-state index in [1.54, 1.807) is 0 Å². The van der Waals surface area contributed by atoms with Crippen molar-refractivity contribution in [1.82, 2.24) is 0 Å². The predicted molar refractivity (Wildman–Crippen MR) is 18.9 cm³/mol. The first-order valence-corrected chi connectivity index (χ1v) is 3.31. The monoisotopic (exact) mass is 162 g/mol. The predicted octanol–water partition coefficient (Wildman–Crippen LogP) is -0.273. The SMILES string of the molecule is O.O.[Cl][Fe][Cl]. The second-order valence-corrected chi connectivity index (χ2v) is 1.87. The number of rotatable bonds is 0. The molecule has 4 N–H and O–H groups in total. The molecule has 0 aromatic heterocycles. The summed E-state index contributed by atoms with van der Waals surface area (Å²) in [6.45, 7) is 0. The van der Waals surface area contributed by atoms with Gasteiger partial charge in [0.25, 0.3) is 0 Å². The van der Waals surface area contributed by atoms with Crippen LogP contribution in [0.1, 0.15) is 0 Å². The van der Waals surface area contributed by atoms with E-state index in [-0.39, 0.29) is 24.1 Å². The maximum absolute atomic E-state index is 4.76. The van der Waals surface area contributed by atoms with Crippen molar-refractivity contribution < 1.29 is 24.1 Å². The molecule has 0 aliphatic carbocycles. The summed E-state index contributed by atoms with van der Waals surface area (Å²) in [5.74, 6) is 0. The van der Waals surface area contributed by atoms with Crippen LogP contribution in [0, 0.1) is 0 Å². The Kier molecular flexibility index (Phi) is 66.2. The summed E-state index contributed by atoms with van der Waals surface area (Å²) >= 11 is 0.194. The molecule has 0 atom stereocenters. The van der Waals surface area contributed by atoms with E-state index in [0.717, 1.165) is 0 Å². The van der Waals surface area contributed by atoms with E-state index in [4.69, 9.17) is 20.2 Å². The van der Waals surface area contributed by atoms with E-state index in [1.165, 1.54) is 0 Å². The Hall–Kier alpha value is 1.02. The fraction of sp³-hybridized carbons (Fsp3) is 0. The van der Waals surface area contributed by atoms with Gasteiger partial charge in [0, 0.05) is 0 Å².